The maximum absolute atomic E-state index is 5.54. The van der Waals surface area contributed by atoms with Crippen LogP contribution >= 0.6 is 0 Å². The van der Waals surface area contributed by atoms with Gasteiger partial charge in [-0.2, -0.15) is 0 Å². The number of aliphatic imine (C=N–C) groups is 1. The number of allylic oxidation sites excluding steroid dienone is 1. The molecule has 4 bridgehead atoms. The fraction of sp³-hybridized carbons (Fsp3) is 0.814. The Morgan fingerprint density at radius 3 is 1.44 bits per heavy atom. The average molecular weight is 1530 g/mol. The van der Waals surface area contributed by atoms with E-state index in [0.29, 0.717) is 51.7 Å². The SMILES string of the molecule is CC(C)(C)N1CC2CC1CO2.CC(C)(C)N1CC2CCC(C2)C1.CC(C)(C)N1CCC1.CC(C)(C)N1CCCCC1.CC(C)(C)N1CCNCC1.CC(C)(C)c1ccc2c(c1)CCN2.CC(C)C1=CN=CC1.CC(C)C1CCNC1.CC(C)N1CC2CC2C1.CC(C)N1CCCC1.CC(C)c1cccc2ncccc12. The maximum atomic E-state index is 5.54. The molecule has 110 heavy (non-hydrogen) atoms. The summed E-state index contributed by atoms with van der Waals surface area (Å²) in [5.74, 6) is 7.34. The number of rotatable bonds is 5. The van der Waals surface area contributed by atoms with E-state index in [9.17, 15) is 0 Å². The summed E-state index contributed by atoms with van der Waals surface area (Å²) in [6.45, 7) is 87.6. The zero-order valence-corrected chi connectivity index (χ0v) is 77.0. The zero-order chi connectivity index (χ0) is 81.4. The minimum Gasteiger partial charge on any atom is -0.384 e. The molecule has 12 heterocycles. The van der Waals surface area contributed by atoms with Crippen molar-refractivity contribution in [1.29, 1.82) is 0 Å². The molecule has 1 aromatic heterocycles. The van der Waals surface area contributed by atoms with Gasteiger partial charge in [-0.05, 0) is 354 Å². The van der Waals surface area contributed by atoms with Gasteiger partial charge in [0.1, 0.15) is 0 Å². The van der Waals surface area contributed by atoms with Crippen LogP contribution in [-0.4, -0.2) is 222 Å². The zero-order valence-electron chi connectivity index (χ0n) is 77.0. The molecular formula is C97H176N12O. The van der Waals surface area contributed by atoms with E-state index in [0.717, 1.165) is 92.3 Å². The molecule has 13 aliphatic rings. The van der Waals surface area contributed by atoms with Crippen molar-refractivity contribution >= 4 is 22.8 Å². The van der Waals surface area contributed by atoms with Gasteiger partial charge in [0, 0.05) is 147 Å². The van der Waals surface area contributed by atoms with Crippen LogP contribution in [0, 0.1) is 41.4 Å². The van der Waals surface area contributed by atoms with Gasteiger partial charge >= 0.3 is 0 Å². The molecule has 2 aliphatic carbocycles. The number of anilines is 1. The third kappa shape index (κ3) is 33.3. The molecule has 0 spiro atoms. The molecular weight excluding hydrogens is 1350 g/mol. The standard InChI is InChI=1S/C12H17N.C12H13N.C11H21N.C9H17NO.C9H19N.C8H18N2.C8H15N.2C7H15N.C7H11N.C7H15N/c1-12(2,3)10-4-5-11-9(8-10)6-7-13-11;1-9(2)10-5-3-7-12-11(10)6-4-8-13-12;1-11(2,3)12-7-9-4-5-10(6-9)8-12;1-9(2,3)10-5-8-4-7(10)6-11-8;1-9(2,3)10-7-5-4-6-8-10;1-8(2,3)10-6-4-9-5-7-10;1-6(2)9-4-7-3-8(7)5-9;1-7(2,3)8-5-4-6-8;2*1-6(2)7-3-4-8-5-7;1-7(2)8-5-3-4-6-8/h4-5,8,13H,6-7H2,1-3H3;3-9H,1-2H3;9-10H,4-8H2,1-3H3;7-8H,4-6H2,1-3H3;4-8H2,1-3H3;9H,4-7H2,1-3H3;6-8H,3-5H2,1-2H3;4-6H2,1-3H3;6-8H,3-5H2,1-2H3;4-6H,3H2,1-2H3;7H,3-6H2,1-2H3. The Labute approximate surface area is 680 Å². The molecule has 13 nitrogen and oxygen atoms in total. The van der Waals surface area contributed by atoms with Gasteiger partial charge in [-0.3, -0.25) is 34.5 Å². The van der Waals surface area contributed by atoms with Gasteiger partial charge in [-0.1, -0.05) is 99.1 Å². The molecule has 0 radical (unpaired) electrons. The molecule has 3 aromatic rings. The number of fused-ring (bicyclic) bond motifs is 7. The summed E-state index contributed by atoms with van der Waals surface area (Å²) < 4.78 is 5.54. The van der Waals surface area contributed by atoms with Gasteiger partial charge in [-0.15, -0.1) is 0 Å². The van der Waals surface area contributed by atoms with Gasteiger partial charge in [0.25, 0.3) is 0 Å². The minimum atomic E-state index is 0.275. The number of hydrogen-bond donors (Lipinski definition) is 3. The fourth-order valence-electron chi connectivity index (χ4n) is 17.4. The van der Waals surface area contributed by atoms with Crippen molar-refractivity contribution in [2.45, 2.75) is 347 Å². The van der Waals surface area contributed by atoms with Crippen LogP contribution in [0.4, 0.5) is 5.69 Å². The van der Waals surface area contributed by atoms with Crippen molar-refractivity contribution in [2.24, 2.45) is 46.4 Å². The Kier molecular flexibility index (Phi) is 38.9. The summed E-state index contributed by atoms with van der Waals surface area (Å²) in [7, 11) is 0. The molecule has 16 rings (SSSR count). The summed E-state index contributed by atoms with van der Waals surface area (Å²) in [4.78, 5) is 26.3. The van der Waals surface area contributed by atoms with Gasteiger partial charge in [0.2, 0.25) is 0 Å². The summed E-state index contributed by atoms with van der Waals surface area (Å²) >= 11 is 0. The molecule has 2 saturated carbocycles. The van der Waals surface area contributed by atoms with Crippen molar-refractivity contribution in [1.82, 2.24) is 49.9 Å². The number of nitrogens with one attached hydrogen (secondary N) is 3. The highest BCUT2D eigenvalue weighted by molar-refractivity contribution is 5.82. The third-order valence-corrected chi connectivity index (χ3v) is 25.5. The van der Waals surface area contributed by atoms with Gasteiger partial charge < -0.3 is 30.5 Å². The molecule has 0 amide bonds. The Morgan fingerprint density at radius 2 is 1.05 bits per heavy atom. The second-order valence-corrected chi connectivity index (χ2v) is 42.3. The quantitative estimate of drug-likeness (QED) is 0.227. The number of ether oxygens (including phenoxy) is 1. The first-order valence-electron chi connectivity index (χ1n) is 45.2. The van der Waals surface area contributed by atoms with Crippen LogP contribution in [0.5, 0.6) is 0 Å². The number of morpholine rings is 1. The first-order chi connectivity index (χ1) is 51.5. The maximum Gasteiger partial charge on any atom is 0.0718 e. The van der Waals surface area contributed by atoms with Crippen LogP contribution in [-0.2, 0) is 16.6 Å². The lowest BCUT2D eigenvalue weighted by molar-refractivity contribution is -0.00804. The van der Waals surface area contributed by atoms with Crippen LogP contribution < -0.4 is 16.0 Å². The van der Waals surface area contributed by atoms with Crippen LogP contribution in [0.1, 0.15) is 300 Å². The van der Waals surface area contributed by atoms with Gasteiger partial charge in [-0.25, -0.2) is 0 Å². The number of nitrogens with zero attached hydrogens (tertiary/aromatic N) is 9. The van der Waals surface area contributed by atoms with Crippen LogP contribution in [0.15, 0.2) is 71.5 Å². The Hall–Kier alpha value is -3.34. The molecule has 630 valence electrons. The predicted molar refractivity (Wildman–Crippen MR) is 481 cm³/mol. The molecule has 11 aliphatic heterocycles. The fourth-order valence-corrected chi connectivity index (χ4v) is 17.4. The highest BCUT2D eigenvalue weighted by Crippen LogP contribution is 2.45. The number of likely N-dealkylation sites (tertiary alicyclic amines) is 6. The first kappa shape index (κ1) is 95.5. The number of piperazine rings is 1. The highest BCUT2D eigenvalue weighted by Gasteiger charge is 2.46. The van der Waals surface area contributed by atoms with Crippen molar-refractivity contribution in [3.8, 4) is 0 Å². The van der Waals surface area contributed by atoms with E-state index < -0.39 is 0 Å². The number of benzene rings is 2. The largest absolute Gasteiger partial charge is 0.384 e. The second-order valence-electron chi connectivity index (χ2n) is 42.3. The van der Waals surface area contributed by atoms with Crippen molar-refractivity contribution in [2.75, 3.05) is 130 Å². The lowest BCUT2D eigenvalue weighted by Crippen LogP contribution is -2.51. The van der Waals surface area contributed by atoms with E-state index in [1.165, 1.54) is 208 Å². The smallest absolute Gasteiger partial charge is 0.0718 e. The number of hydrogen-bond acceptors (Lipinski definition) is 13. The Morgan fingerprint density at radius 1 is 0.491 bits per heavy atom. The van der Waals surface area contributed by atoms with Crippen LogP contribution in [0.25, 0.3) is 10.9 Å². The highest BCUT2D eigenvalue weighted by atomic mass is 16.5. The molecule has 7 unspecified atom stereocenters. The summed E-state index contributed by atoms with van der Waals surface area (Å²) in [5, 5.41) is 11.4. The molecule has 11 fully saturated rings. The van der Waals surface area contributed by atoms with Crippen LogP contribution in [0.3, 0.4) is 0 Å². The van der Waals surface area contributed by atoms with Gasteiger partial charge in [0.05, 0.1) is 18.2 Å². The van der Waals surface area contributed by atoms with Crippen molar-refractivity contribution in [3.63, 3.8) is 0 Å². The number of aromatic nitrogens is 1. The number of piperidine rings is 3. The first-order valence-corrected chi connectivity index (χ1v) is 45.2. The second kappa shape index (κ2) is 44.8. The van der Waals surface area contributed by atoms with E-state index in [2.05, 4.69) is 297 Å². The van der Waals surface area contributed by atoms with Crippen LogP contribution in [0.2, 0.25) is 0 Å². The molecule has 7 atom stereocenters. The Balaban J connectivity index is 0.000000190. The lowest BCUT2D eigenvalue weighted by Gasteiger charge is -2.42. The molecule has 2 aromatic carbocycles. The third-order valence-electron chi connectivity index (χ3n) is 25.5. The molecule has 3 N–H and O–H groups in total. The van der Waals surface area contributed by atoms with Gasteiger partial charge in [0.15, 0.2) is 0 Å². The van der Waals surface area contributed by atoms with E-state index in [1.807, 2.05) is 24.7 Å². The van der Waals surface area contributed by atoms with E-state index in [-0.39, 0.29) is 5.41 Å². The normalized spacial score (nSPS) is 25.4. The predicted octanol–water partition coefficient (Wildman–Crippen LogP) is 20.6. The Bertz CT molecular complexity index is 3010. The van der Waals surface area contributed by atoms with E-state index >= 15 is 0 Å². The number of pyridine rings is 1. The topological polar surface area (TPSA) is 93.2 Å². The minimum absolute atomic E-state index is 0.275. The molecule has 9 saturated heterocycles. The average Bonchev–Trinajstić information content (AvgIpc) is 1.63. The van der Waals surface area contributed by atoms with Crippen molar-refractivity contribution in [3.05, 3.63) is 83.2 Å². The monoisotopic (exact) mass is 1530 g/mol. The summed E-state index contributed by atoms with van der Waals surface area (Å²) in [5.41, 5.74) is 10.4. The lowest BCUT2D eigenvalue weighted by atomic mass is 9.86. The van der Waals surface area contributed by atoms with E-state index in [4.69, 9.17) is 4.74 Å². The summed E-state index contributed by atoms with van der Waals surface area (Å²) in [6.07, 6.45) is 25.7. The van der Waals surface area contributed by atoms with Crippen molar-refractivity contribution < 1.29 is 4.74 Å². The molecule has 13 heteroatoms. The van der Waals surface area contributed by atoms with E-state index in [1.54, 1.807) is 0 Å². The summed E-state index contributed by atoms with van der Waals surface area (Å²) in [6, 6.07) is 19.5.